The predicted octanol–water partition coefficient (Wildman–Crippen LogP) is 1.61. The molecule has 0 atom stereocenters. The number of ether oxygens (including phenoxy) is 1. The van der Waals surface area contributed by atoms with E-state index in [1.54, 1.807) is 11.0 Å². The second kappa shape index (κ2) is 8.01. The van der Waals surface area contributed by atoms with Crippen LogP contribution in [0.5, 0.6) is 0 Å². The molecule has 1 rings (SSSR count). The van der Waals surface area contributed by atoms with E-state index in [0.29, 0.717) is 35.9 Å². The molecule has 1 aromatic heterocycles. The molecule has 0 saturated heterocycles. The van der Waals surface area contributed by atoms with Gasteiger partial charge in [-0.1, -0.05) is 25.4 Å². The first-order chi connectivity index (χ1) is 9.42. The van der Waals surface area contributed by atoms with Gasteiger partial charge in [-0.2, -0.15) is 0 Å². The van der Waals surface area contributed by atoms with Crippen molar-refractivity contribution in [1.29, 1.82) is 0 Å². The number of carbonyl (C=O) groups is 1. The molecule has 112 valence electrons. The third-order valence-electron chi connectivity index (χ3n) is 2.42. The van der Waals surface area contributed by atoms with Crippen LogP contribution in [-0.4, -0.2) is 35.6 Å². The Balaban J connectivity index is 2.98. The fraction of sp³-hybridized carbons (Fsp3) is 0.615. The lowest BCUT2D eigenvalue weighted by Gasteiger charge is -2.24. The lowest BCUT2D eigenvalue weighted by Crippen LogP contribution is -2.37. The summed E-state index contributed by atoms with van der Waals surface area (Å²) in [7, 11) is 0. The zero-order valence-corrected chi connectivity index (χ0v) is 12.9. The summed E-state index contributed by atoms with van der Waals surface area (Å²) in [4.78, 5) is 21.5. The summed E-state index contributed by atoms with van der Waals surface area (Å²) >= 11 is 6.00. The van der Waals surface area contributed by atoms with Crippen LogP contribution in [0, 0.1) is 5.92 Å². The first-order valence-electron chi connectivity index (χ1n) is 6.56. The minimum atomic E-state index is -0.410. The highest BCUT2D eigenvalue weighted by molar-refractivity contribution is 6.29. The summed E-state index contributed by atoms with van der Waals surface area (Å²) in [5.41, 5.74) is 5.28. The van der Waals surface area contributed by atoms with Crippen LogP contribution in [0.3, 0.4) is 0 Å². The van der Waals surface area contributed by atoms with Crippen LogP contribution in [-0.2, 0) is 16.1 Å². The molecule has 0 aliphatic carbocycles. The number of primary amides is 1. The maximum atomic E-state index is 11.2. The summed E-state index contributed by atoms with van der Waals surface area (Å²) in [6.45, 7) is 7.61. The molecule has 0 saturated carbocycles. The van der Waals surface area contributed by atoms with Crippen LogP contribution in [0.25, 0.3) is 0 Å². The molecule has 1 aromatic rings. The normalized spacial score (nSPS) is 10.8. The average molecular weight is 301 g/mol. The first-order valence-corrected chi connectivity index (χ1v) is 6.94. The lowest BCUT2D eigenvalue weighted by atomic mass is 10.2. The van der Waals surface area contributed by atoms with E-state index in [0.717, 1.165) is 0 Å². The molecule has 0 bridgehead atoms. The number of hydrogen-bond donors (Lipinski definition) is 1. The van der Waals surface area contributed by atoms with Crippen molar-refractivity contribution in [1.82, 2.24) is 9.97 Å². The topological polar surface area (TPSA) is 81.3 Å². The molecule has 20 heavy (non-hydrogen) atoms. The van der Waals surface area contributed by atoms with Gasteiger partial charge in [-0.25, -0.2) is 9.97 Å². The van der Waals surface area contributed by atoms with Gasteiger partial charge in [-0.3, -0.25) is 4.79 Å². The molecule has 2 N–H and O–H groups in total. The Morgan fingerprint density at radius 2 is 2.20 bits per heavy atom. The third kappa shape index (κ3) is 5.71. The maximum absolute atomic E-state index is 11.2. The van der Waals surface area contributed by atoms with Crippen molar-refractivity contribution in [2.45, 2.75) is 27.4 Å². The Bertz CT molecular complexity index is 454. The van der Waals surface area contributed by atoms with Gasteiger partial charge in [-0.15, -0.1) is 0 Å². The summed E-state index contributed by atoms with van der Waals surface area (Å²) in [6.07, 6.45) is 0. The standard InChI is InChI=1S/C13H21ClN4O2/c1-4-20-8-12-16-10(14)5-13(17-12)18(6-9(2)3)7-11(15)19/h5,9H,4,6-8H2,1-3H3,(H2,15,19). The van der Waals surface area contributed by atoms with Crippen molar-refractivity contribution in [2.24, 2.45) is 11.7 Å². The largest absolute Gasteiger partial charge is 0.374 e. The molecule has 0 unspecified atom stereocenters. The van der Waals surface area contributed by atoms with E-state index in [4.69, 9.17) is 22.1 Å². The fourth-order valence-corrected chi connectivity index (χ4v) is 1.93. The molecule has 0 aliphatic rings. The molecular formula is C13H21ClN4O2. The molecule has 0 aromatic carbocycles. The number of nitrogens with zero attached hydrogens (tertiary/aromatic N) is 3. The molecule has 1 amide bonds. The molecule has 6 nitrogen and oxygen atoms in total. The van der Waals surface area contributed by atoms with E-state index in [1.807, 2.05) is 6.92 Å². The van der Waals surface area contributed by atoms with Crippen LogP contribution in [0.15, 0.2) is 6.07 Å². The van der Waals surface area contributed by atoms with Crippen molar-refractivity contribution in [3.05, 3.63) is 17.0 Å². The highest BCUT2D eigenvalue weighted by Gasteiger charge is 2.15. The van der Waals surface area contributed by atoms with Crippen molar-refractivity contribution in [2.75, 3.05) is 24.6 Å². The first kappa shape index (κ1) is 16.7. The second-order valence-corrected chi connectivity index (χ2v) is 5.23. The van der Waals surface area contributed by atoms with Crippen LogP contribution < -0.4 is 10.6 Å². The van der Waals surface area contributed by atoms with E-state index in [1.165, 1.54) is 0 Å². The van der Waals surface area contributed by atoms with Gasteiger partial charge in [0.1, 0.15) is 17.6 Å². The highest BCUT2D eigenvalue weighted by Crippen LogP contribution is 2.17. The number of amides is 1. The number of halogens is 1. The maximum Gasteiger partial charge on any atom is 0.236 e. The molecule has 0 spiro atoms. The quantitative estimate of drug-likeness (QED) is 0.738. The van der Waals surface area contributed by atoms with Crippen LogP contribution in [0.2, 0.25) is 5.15 Å². The van der Waals surface area contributed by atoms with Crippen molar-refractivity contribution >= 4 is 23.3 Å². The van der Waals surface area contributed by atoms with Crippen LogP contribution in [0.1, 0.15) is 26.6 Å². The number of hydrogen-bond acceptors (Lipinski definition) is 5. The fourth-order valence-electron chi connectivity index (χ4n) is 1.74. The number of carbonyl (C=O) groups excluding carboxylic acids is 1. The summed E-state index contributed by atoms with van der Waals surface area (Å²) < 4.78 is 5.28. The zero-order valence-electron chi connectivity index (χ0n) is 12.1. The van der Waals surface area contributed by atoms with Gasteiger partial charge in [0.15, 0.2) is 5.82 Å². The van der Waals surface area contributed by atoms with Gasteiger partial charge in [-0.05, 0) is 12.8 Å². The van der Waals surface area contributed by atoms with Gasteiger partial charge in [0.2, 0.25) is 5.91 Å². The Labute approximate surface area is 124 Å². The van der Waals surface area contributed by atoms with Gasteiger partial charge < -0.3 is 15.4 Å². The Kier molecular flexibility index (Phi) is 6.67. The smallest absolute Gasteiger partial charge is 0.236 e. The summed E-state index contributed by atoms with van der Waals surface area (Å²) in [6, 6.07) is 1.63. The van der Waals surface area contributed by atoms with Gasteiger partial charge in [0.05, 0.1) is 6.54 Å². The zero-order chi connectivity index (χ0) is 15.1. The molecular weight excluding hydrogens is 280 g/mol. The Hall–Kier alpha value is -1.40. The number of aromatic nitrogens is 2. The Morgan fingerprint density at radius 1 is 1.50 bits per heavy atom. The SMILES string of the molecule is CCOCc1nc(Cl)cc(N(CC(N)=O)CC(C)C)n1. The van der Waals surface area contributed by atoms with Gasteiger partial charge in [0, 0.05) is 19.2 Å². The minimum absolute atomic E-state index is 0.0968. The third-order valence-corrected chi connectivity index (χ3v) is 2.61. The van der Waals surface area contributed by atoms with Crippen LogP contribution >= 0.6 is 11.6 Å². The van der Waals surface area contributed by atoms with Crippen molar-refractivity contribution in [3.63, 3.8) is 0 Å². The molecule has 0 fully saturated rings. The summed E-state index contributed by atoms with van der Waals surface area (Å²) in [5.74, 6) is 1.03. The van der Waals surface area contributed by atoms with Gasteiger partial charge >= 0.3 is 0 Å². The molecule has 0 aliphatic heterocycles. The molecule has 7 heteroatoms. The monoisotopic (exact) mass is 300 g/mol. The molecule has 1 heterocycles. The van der Waals surface area contributed by atoms with E-state index < -0.39 is 5.91 Å². The van der Waals surface area contributed by atoms with Gasteiger partial charge in [0.25, 0.3) is 0 Å². The summed E-state index contributed by atoms with van der Waals surface area (Å²) in [5, 5.41) is 0.322. The second-order valence-electron chi connectivity index (χ2n) is 4.84. The van der Waals surface area contributed by atoms with Crippen molar-refractivity contribution < 1.29 is 9.53 Å². The number of anilines is 1. The minimum Gasteiger partial charge on any atom is -0.374 e. The Morgan fingerprint density at radius 3 is 2.75 bits per heavy atom. The molecule has 0 radical (unpaired) electrons. The van der Waals surface area contributed by atoms with E-state index in [2.05, 4.69) is 23.8 Å². The highest BCUT2D eigenvalue weighted by atomic mass is 35.5. The van der Waals surface area contributed by atoms with E-state index in [-0.39, 0.29) is 13.2 Å². The van der Waals surface area contributed by atoms with E-state index in [9.17, 15) is 4.79 Å². The van der Waals surface area contributed by atoms with E-state index >= 15 is 0 Å². The van der Waals surface area contributed by atoms with Crippen LogP contribution in [0.4, 0.5) is 5.82 Å². The average Bonchev–Trinajstić information content (AvgIpc) is 2.33. The lowest BCUT2D eigenvalue weighted by molar-refractivity contribution is -0.116. The van der Waals surface area contributed by atoms with Crippen molar-refractivity contribution in [3.8, 4) is 0 Å². The number of rotatable bonds is 8. The number of nitrogens with two attached hydrogens (primary N) is 1. The predicted molar refractivity (Wildman–Crippen MR) is 78.6 cm³/mol.